The van der Waals surface area contributed by atoms with Gasteiger partial charge in [0.25, 0.3) is 0 Å². The van der Waals surface area contributed by atoms with Crippen LogP contribution < -0.4 is 10.1 Å². The number of aromatic nitrogens is 1. The normalized spacial score (nSPS) is 12.5. The maximum absolute atomic E-state index is 5.27. The highest BCUT2D eigenvalue weighted by Gasteiger charge is 2.15. The number of methoxy groups -OCH3 is 1. The maximum atomic E-state index is 5.27. The molecule has 0 bridgehead atoms. The minimum atomic E-state index is 0.134. The molecule has 0 amide bonds. The van der Waals surface area contributed by atoms with Gasteiger partial charge in [-0.3, -0.25) is 0 Å². The van der Waals surface area contributed by atoms with Crippen molar-refractivity contribution in [2.75, 3.05) is 14.2 Å². The largest absolute Gasteiger partial charge is 0.497 e. The number of rotatable bonds is 4. The Kier molecular flexibility index (Phi) is 3.90. The molecule has 21 heavy (non-hydrogen) atoms. The lowest BCUT2D eigenvalue weighted by Crippen LogP contribution is -2.17. The molecule has 0 aliphatic heterocycles. The first-order valence-electron chi connectivity index (χ1n) is 6.88. The number of aryl methyl sites for hydroxylation is 1. The van der Waals surface area contributed by atoms with Crippen LogP contribution in [0.2, 0.25) is 0 Å². The van der Waals surface area contributed by atoms with E-state index in [4.69, 9.17) is 4.74 Å². The molecule has 108 valence electrons. The highest BCUT2D eigenvalue weighted by Crippen LogP contribution is 2.28. The lowest BCUT2D eigenvalue weighted by molar-refractivity contribution is 0.415. The van der Waals surface area contributed by atoms with Crippen LogP contribution in [0, 0.1) is 6.92 Å². The summed E-state index contributed by atoms with van der Waals surface area (Å²) in [4.78, 5) is 4.60. The summed E-state index contributed by atoms with van der Waals surface area (Å²) in [7, 11) is 3.66. The fourth-order valence-corrected chi connectivity index (χ4v) is 3.42. The molecule has 2 aromatic carbocycles. The molecule has 1 atom stereocenters. The van der Waals surface area contributed by atoms with Gasteiger partial charge in [-0.2, -0.15) is 0 Å². The van der Waals surface area contributed by atoms with Crippen LogP contribution in [-0.2, 0) is 0 Å². The van der Waals surface area contributed by atoms with Crippen molar-refractivity contribution in [3.05, 3.63) is 58.0 Å². The van der Waals surface area contributed by atoms with Crippen molar-refractivity contribution >= 4 is 22.1 Å². The predicted molar refractivity (Wildman–Crippen MR) is 88.3 cm³/mol. The minimum Gasteiger partial charge on any atom is -0.497 e. The lowest BCUT2D eigenvalue weighted by Gasteiger charge is -2.15. The average Bonchev–Trinajstić information content (AvgIpc) is 2.93. The van der Waals surface area contributed by atoms with Crippen LogP contribution in [0.4, 0.5) is 0 Å². The van der Waals surface area contributed by atoms with E-state index in [0.29, 0.717) is 0 Å². The Morgan fingerprint density at radius 1 is 1.14 bits per heavy atom. The summed E-state index contributed by atoms with van der Waals surface area (Å²) >= 11 is 1.69. The first-order valence-corrected chi connectivity index (χ1v) is 7.76. The Labute approximate surface area is 128 Å². The van der Waals surface area contributed by atoms with E-state index in [0.717, 1.165) is 16.5 Å². The Morgan fingerprint density at radius 3 is 2.57 bits per heavy atom. The summed E-state index contributed by atoms with van der Waals surface area (Å²) in [5.74, 6) is 0.885. The molecule has 3 aromatic rings. The van der Waals surface area contributed by atoms with Crippen molar-refractivity contribution in [3.63, 3.8) is 0 Å². The molecule has 1 N–H and O–H groups in total. The zero-order chi connectivity index (χ0) is 14.8. The molecular formula is C17H18N2OS. The lowest BCUT2D eigenvalue weighted by atomic mass is 10.0. The summed E-state index contributed by atoms with van der Waals surface area (Å²) in [5, 5.41) is 8.94. The van der Waals surface area contributed by atoms with Gasteiger partial charge in [0.05, 0.1) is 13.2 Å². The van der Waals surface area contributed by atoms with Gasteiger partial charge in [0.1, 0.15) is 10.8 Å². The van der Waals surface area contributed by atoms with E-state index in [1.165, 1.54) is 16.3 Å². The standard InChI is InChI=1S/C17H18N2OS/c1-11-10-21-17(19-11)16(18-2)14-5-4-13-9-15(20-3)7-6-12(13)8-14/h4-10,16,18H,1-3H3. The SMILES string of the molecule is CNC(c1ccc2cc(OC)ccc2c1)c1nc(C)cs1. The van der Waals surface area contributed by atoms with Crippen molar-refractivity contribution in [1.82, 2.24) is 10.3 Å². The topological polar surface area (TPSA) is 34.1 Å². The van der Waals surface area contributed by atoms with E-state index in [2.05, 4.69) is 46.0 Å². The number of fused-ring (bicyclic) bond motifs is 1. The second-order valence-electron chi connectivity index (χ2n) is 5.02. The molecule has 0 fully saturated rings. The fourth-order valence-electron chi connectivity index (χ4n) is 2.49. The molecule has 1 unspecified atom stereocenters. The molecule has 0 saturated carbocycles. The van der Waals surface area contributed by atoms with Gasteiger partial charge in [0.2, 0.25) is 0 Å². The van der Waals surface area contributed by atoms with Gasteiger partial charge in [-0.25, -0.2) is 4.98 Å². The number of ether oxygens (including phenoxy) is 1. The van der Waals surface area contributed by atoms with Crippen LogP contribution in [-0.4, -0.2) is 19.1 Å². The molecule has 1 aromatic heterocycles. The zero-order valence-corrected chi connectivity index (χ0v) is 13.2. The van der Waals surface area contributed by atoms with Crippen molar-refractivity contribution < 1.29 is 4.74 Å². The van der Waals surface area contributed by atoms with E-state index < -0.39 is 0 Å². The third-order valence-corrected chi connectivity index (χ3v) is 4.60. The van der Waals surface area contributed by atoms with Crippen LogP contribution in [0.15, 0.2) is 41.8 Å². The number of nitrogens with one attached hydrogen (secondary N) is 1. The van der Waals surface area contributed by atoms with Crippen LogP contribution in [0.5, 0.6) is 5.75 Å². The van der Waals surface area contributed by atoms with Crippen LogP contribution in [0.25, 0.3) is 10.8 Å². The van der Waals surface area contributed by atoms with Gasteiger partial charge < -0.3 is 10.1 Å². The van der Waals surface area contributed by atoms with E-state index in [-0.39, 0.29) is 6.04 Å². The van der Waals surface area contributed by atoms with Crippen molar-refractivity contribution in [1.29, 1.82) is 0 Å². The first-order chi connectivity index (χ1) is 10.2. The van der Waals surface area contributed by atoms with Gasteiger partial charge in [-0.1, -0.05) is 18.2 Å². The van der Waals surface area contributed by atoms with Crippen LogP contribution >= 0.6 is 11.3 Å². The quantitative estimate of drug-likeness (QED) is 0.792. The summed E-state index contributed by atoms with van der Waals surface area (Å²) in [6.45, 7) is 2.03. The monoisotopic (exact) mass is 298 g/mol. The van der Waals surface area contributed by atoms with E-state index in [1.807, 2.05) is 20.0 Å². The molecule has 0 spiro atoms. The van der Waals surface area contributed by atoms with Gasteiger partial charge in [-0.05, 0) is 48.5 Å². The number of hydrogen-bond donors (Lipinski definition) is 1. The fraction of sp³-hybridized carbons (Fsp3) is 0.235. The third kappa shape index (κ3) is 2.77. The second-order valence-corrected chi connectivity index (χ2v) is 5.91. The molecule has 0 aliphatic rings. The third-order valence-electron chi connectivity index (χ3n) is 3.58. The number of nitrogens with zero attached hydrogens (tertiary/aromatic N) is 1. The number of benzene rings is 2. The summed E-state index contributed by atoms with van der Waals surface area (Å²) in [6.07, 6.45) is 0. The van der Waals surface area contributed by atoms with Crippen molar-refractivity contribution in [2.24, 2.45) is 0 Å². The highest BCUT2D eigenvalue weighted by molar-refractivity contribution is 7.09. The molecule has 0 aliphatic carbocycles. The van der Waals surface area contributed by atoms with Gasteiger partial charge in [0.15, 0.2) is 0 Å². The smallest absolute Gasteiger partial charge is 0.119 e. The second kappa shape index (κ2) is 5.84. The number of thiazole rings is 1. The highest BCUT2D eigenvalue weighted by atomic mass is 32.1. The van der Waals surface area contributed by atoms with E-state index in [9.17, 15) is 0 Å². The van der Waals surface area contributed by atoms with Crippen LogP contribution in [0.1, 0.15) is 22.3 Å². The number of hydrogen-bond acceptors (Lipinski definition) is 4. The molecule has 0 saturated heterocycles. The van der Waals surface area contributed by atoms with E-state index >= 15 is 0 Å². The summed E-state index contributed by atoms with van der Waals surface area (Å²) in [5.41, 5.74) is 2.30. The van der Waals surface area contributed by atoms with Crippen molar-refractivity contribution in [2.45, 2.75) is 13.0 Å². The van der Waals surface area contributed by atoms with E-state index in [1.54, 1.807) is 18.4 Å². The van der Waals surface area contributed by atoms with Crippen LogP contribution in [0.3, 0.4) is 0 Å². The summed E-state index contributed by atoms with van der Waals surface area (Å²) < 4.78 is 5.27. The Hall–Kier alpha value is -1.91. The Bertz CT molecular complexity index is 766. The predicted octanol–water partition coefficient (Wildman–Crippen LogP) is 3.92. The minimum absolute atomic E-state index is 0.134. The molecular weight excluding hydrogens is 280 g/mol. The molecule has 0 radical (unpaired) electrons. The van der Waals surface area contributed by atoms with Gasteiger partial charge in [-0.15, -0.1) is 11.3 Å². The van der Waals surface area contributed by atoms with Crippen molar-refractivity contribution in [3.8, 4) is 5.75 Å². The first kappa shape index (κ1) is 14.0. The van der Waals surface area contributed by atoms with Gasteiger partial charge >= 0.3 is 0 Å². The Morgan fingerprint density at radius 2 is 1.90 bits per heavy atom. The Balaban J connectivity index is 2.03. The molecule has 4 heteroatoms. The molecule has 3 nitrogen and oxygen atoms in total. The van der Waals surface area contributed by atoms with Gasteiger partial charge in [0, 0.05) is 11.1 Å². The summed E-state index contributed by atoms with van der Waals surface area (Å²) in [6, 6.07) is 12.8. The average molecular weight is 298 g/mol. The zero-order valence-electron chi connectivity index (χ0n) is 12.4. The molecule has 3 rings (SSSR count). The maximum Gasteiger partial charge on any atom is 0.119 e. The molecule has 1 heterocycles.